The molecule has 3 rings (SSSR count). The van der Waals surface area contributed by atoms with Gasteiger partial charge in [-0.25, -0.2) is 4.79 Å². The minimum absolute atomic E-state index is 0.290. The Hall–Kier alpha value is -2.49. The number of carbonyl (C=O) groups is 1. The Morgan fingerprint density at radius 2 is 1.14 bits per heavy atom. The molecule has 0 atom stereocenters. The van der Waals surface area contributed by atoms with Gasteiger partial charge in [0.2, 0.25) is 0 Å². The third-order valence-electron chi connectivity index (χ3n) is 9.11. The molecule has 0 unspecified atom stereocenters. The number of aromatic carboxylic acids is 1. The van der Waals surface area contributed by atoms with E-state index in [1.165, 1.54) is 109 Å². The number of ether oxygens (including phenoxy) is 2. The number of hydrogen-bond donors (Lipinski definition) is 1. The van der Waals surface area contributed by atoms with Gasteiger partial charge in [0.25, 0.3) is 0 Å². The van der Waals surface area contributed by atoms with Crippen LogP contribution in [0.15, 0.2) is 42.5 Å². The Balaban J connectivity index is 1.38. The van der Waals surface area contributed by atoms with Crippen LogP contribution in [0.5, 0.6) is 11.5 Å². The number of unbranched alkanes of at least 4 members (excludes halogenated alkanes) is 10. The van der Waals surface area contributed by atoms with E-state index in [1.54, 1.807) is 12.1 Å². The van der Waals surface area contributed by atoms with Gasteiger partial charge in [0.15, 0.2) is 0 Å². The molecular weight excluding hydrogens is 520 g/mol. The van der Waals surface area contributed by atoms with Gasteiger partial charge in [-0.15, -0.1) is 0 Å². The summed E-state index contributed by atoms with van der Waals surface area (Å²) >= 11 is 0. The molecule has 1 fully saturated rings. The highest BCUT2D eigenvalue weighted by molar-refractivity contribution is 5.96. The third kappa shape index (κ3) is 12.8. The fourth-order valence-corrected chi connectivity index (χ4v) is 6.43. The monoisotopic (exact) mass is 578 g/mol. The van der Waals surface area contributed by atoms with Gasteiger partial charge in [-0.3, -0.25) is 0 Å². The Labute approximate surface area is 256 Å². The van der Waals surface area contributed by atoms with Gasteiger partial charge in [0, 0.05) is 0 Å². The molecule has 1 aliphatic carbocycles. The van der Waals surface area contributed by atoms with Crippen LogP contribution in [0.3, 0.4) is 0 Å². The van der Waals surface area contributed by atoms with Crippen LogP contribution in [-0.4, -0.2) is 24.3 Å². The van der Waals surface area contributed by atoms with Crippen molar-refractivity contribution in [3.8, 4) is 22.6 Å². The molecule has 0 amide bonds. The molecule has 4 heteroatoms. The molecule has 2 aromatic carbocycles. The lowest BCUT2D eigenvalue weighted by Gasteiger charge is -2.28. The number of carboxylic acids is 1. The van der Waals surface area contributed by atoms with Crippen molar-refractivity contribution in [3.05, 3.63) is 48.0 Å². The van der Waals surface area contributed by atoms with Crippen molar-refractivity contribution >= 4 is 5.97 Å². The molecule has 4 nitrogen and oxygen atoms in total. The second-order valence-electron chi connectivity index (χ2n) is 12.6. The van der Waals surface area contributed by atoms with Crippen molar-refractivity contribution in [3.63, 3.8) is 0 Å². The molecule has 2 aromatic rings. The maximum absolute atomic E-state index is 11.9. The summed E-state index contributed by atoms with van der Waals surface area (Å²) in [4.78, 5) is 11.9. The summed E-state index contributed by atoms with van der Waals surface area (Å²) in [5.41, 5.74) is 1.84. The van der Waals surface area contributed by atoms with Crippen LogP contribution >= 0.6 is 0 Å². The zero-order valence-corrected chi connectivity index (χ0v) is 26.7. The number of carboxylic acid groups (broad SMARTS) is 1. The van der Waals surface area contributed by atoms with Gasteiger partial charge < -0.3 is 14.6 Å². The quantitative estimate of drug-likeness (QED) is 0.141. The minimum atomic E-state index is -0.926. The van der Waals surface area contributed by atoms with E-state index in [9.17, 15) is 9.90 Å². The van der Waals surface area contributed by atoms with E-state index in [4.69, 9.17) is 9.47 Å². The van der Waals surface area contributed by atoms with E-state index >= 15 is 0 Å². The molecule has 0 bridgehead atoms. The smallest absolute Gasteiger partial charge is 0.336 e. The number of benzene rings is 2. The summed E-state index contributed by atoms with van der Waals surface area (Å²) in [5, 5.41) is 9.77. The summed E-state index contributed by atoms with van der Waals surface area (Å²) < 4.78 is 12.0. The summed E-state index contributed by atoms with van der Waals surface area (Å²) in [6, 6.07) is 13.1. The highest BCUT2D eigenvalue weighted by Gasteiger charge is 2.20. The summed E-state index contributed by atoms with van der Waals surface area (Å²) in [7, 11) is 0. The van der Waals surface area contributed by atoms with E-state index in [0.717, 1.165) is 48.3 Å². The van der Waals surface area contributed by atoms with Crippen molar-refractivity contribution in [1.82, 2.24) is 0 Å². The highest BCUT2D eigenvalue weighted by Crippen LogP contribution is 2.34. The van der Waals surface area contributed by atoms with Crippen molar-refractivity contribution < 1.29 is 19.4 Å². The van der Waals surface area contributed by atoms with E-state index < -0.39 is 5.97 Å². The molecule has 0 heterocycles. The molecule has 42 heavy (non-hydrogen) atoms. The SMILES string of the molecule is CCCCCCCCCOc1ccc(C(=O)O)c(-c2ccc(OCCCC3CCC(CCCCCCC)CC3)cc2)c1. The van der Waals surface area contributed by atoms with Crippen LogP contribution < -0.4 is 9.47 Å². The predicted octanol–water partition coefficient (Wildman–Crippen LogP) is 11.5. The average Bonchev–Trinajstić information content (AvgIpc) is 3.01. The Kier molecular flexibility index (Phi) is 16.5. The first-order chi connectivity index (χ1) is 20.6. The molecular formula is C38H58O4. The second-order valence-corrected chi connectivity index (χ2v) is 12.6. The molecule has 0 spiro atoms. The van der Waals surface area contributed by atoms with Crippen molar-refractivity contribution in [2.75, 3.05) is 13.2 Å². The van der Waals surface area contributed by atoms with E-state index in [-0.39, 0.29) is 5.56 Å². The molecule has 234 valence electrons. The van der Waals surface area contributed by atoms with Crippen LogP contribution in [0.25, 0.3) is 11.1 Å². The Morgan fingerprint density at radius 3 is 1.76 bits per heavy atom. The normalized spacial score (nSPS) is 16.8. The van der Waals surface area contributed by atoms with Gasteiger partial charge in [-0.2, -0.15) is 0 Å². The van der Waals surface area contributed by atoms with Gasteiger partial charge in [-0.05, 0) is 72.6 Å². The largest absolute Gasteiger partial charge is 0.494 e. The fraction of sp³-hybridized carbons (Fsp3) is 0.658. The van der Waals surface area contributed by atoms with Crippen LogP contribution in [0.4, 0.5) is 0 Å². The third-order valence-corrected chi connectivity index (χ3v) is 9.11. The first-order valence-corrected chi connectivity index (χ1v) is 17.3. The predicted molar refractivity (Wildman–Crippen MR) is 176 cm³/mol. The molecule has 0 radical (unpaired) electrons. The fourth-order valence-electron chi connectivity index (χ4n) is 6.43. The van der Waals surface area contributed by atoms with Crippen LogP contribution in [0.1, 0.15) is 146 Å². The summed E-state index contributed by atoms with van der Waals surface area (Å²) in [5.74, 6) is 2.47. The second kappa shape index (κ2) is 20.4. The first-order valence-electron chi connectivity index (χ1n) is 17.3. The zero-order chi connectivity index (χ0) is 29.8. The minimum Gasteiger partial charge on any atom is -0.494 e. The summed E-state index contributed by atoms with van der Waals surface area (Å²) in [6.45, 7) is 5.92. The van der Waals surface area contributed by atoms with Crippen LogP contribution in [-0.2, 0) is 0 Å². The highest BCUT2D eigenvalue weighted by atomic mass is 16.5. The van der Waals surface area contributed by atoms with E-state index in [1.807, 2.05) is 30.3 Å². The lowest BCUT2D eigenvalue weighted by molar-refractivity contribution is 0.0697. The van der Waals surface area contributed by atoms with Gasteiger partial charge >= 0.3 is 5.97 Å². The maximum Gasteiger partial charge on any atom is 0.336 e. The van der Waals surface area contributed by atoms with Gasteiger partial charge in [0.1, 0.15) is 11.5 Å². The van der Waals surface area contributed by atoms with Crippen LogP contribution in [0.2, 0.25) is 0 Å². The summed E-state index contributed by atoms with van der Waals surface area (Å²) in [6.07, 6.45) is 25.1. The zero-order valence-electron chi connectivity index (χ0n) is 26.7. The van der Waals surface area contributed by atoms with Crippen molar-refractivity contribution in [2.24, 2.45) is 11.8 Å². The van der Waals surface area contributed by atoms with E-state index in [0.29, 0.717) is 12.2 Å². The van der Waals surface area contributed by atoms with Crippen molar-refractivity contribution in [2.45, 2.75) is 136 Å². The topological polar surface area (TPSA) is 55.8 Å². The Bertz CT molecular complexity index is 991. The Morgan fingerprint density at radius 1 is 0.643 bits per heavy atom. The lowest BCUT2D eigenvalue weighted by atomic mass is 9.78. The molecule has 1 saturated carbocycles. The molecule has 1 N–H and O–H groups in total. The molecule has 0 saturated heterocycles. The maximum atomic E-state index is 11.9. The lowest BCUT2D eigenvalue weighted by Crippen LogP contribution is -2.15. The number of hydrogen-bond acceptors (Lipinski definition) is 3. The molecule has 0 aliphatic heterocycles. The van der Waals surface area contributed by atoms with Gasteiger partial charge in [0.05, 0.1) is 18.8 Å². The average molecular weight is 579 g/mol. The van der Waals surface area contributed by atoms with Crippen LogP contribution in [0, 0.1) is 11.8 Å². The van der Waals surface area contributed by atoms with E-state index in [2.05, 4.69) is 13.8 Å². The number of rotatable bonds is 22. The van der Waals surface area contributed by atoms with Crippen molar-refractivity contribution in [1.29, 1.82) is 0 Å². The standard InChI is InChI=1S/C38H58O4/c1-3-5-7-9-10-12-14-28-42-35-26-27-36(38(39)40)37(30-35)33-22-24-34(25-23-33)41-29-15-17-32-20-18-31(19-21-32)16-13-11-8-6-4-2/h22-27,30-32H,3-21,28-29H2,1-2H3,(H,39,40). The molecule has 0 aromatic heterocycles. The first kappa shape index (κ1) is 34.0. The molecule has 1 aliphatic rings. The van der Waals surface area contributed by atoms with Gasteiger partial charge in [-0.1, -0.05) is 129 Å².